The third-order valence-electron chi connectivity index (χ3n) is 3.34. The summed E-state index contributed by atoms with van der Waals surface area (Å²) in [5.74, 6) is 0.495. The Balaban J connectivity index is 2.12. The zero-order chi connectivity index (χ0) is 15.8. The van der Waals surface area contributed by atoms with Crippen LogP contribution < -0.4 is 10.6 Å². The van der Waals surface area contributed by atoms with Crippen LogP contribution in [0.3, 0.4) is 0 Å². The van der Waals surface area contributed by atoms with E-state index < -0.39 is 0 Å². The predicted octanol–water partition coefficient (Wildman–Crippen LogP) is 3.74. The molecule has 0 aliphatic heterocycles. The maximum absolute atomic E-state index is 4.44. The fourth-order valence-electron chi connectivity index (χ4n) is 2.19. The van der Waals surface area contributed by atoms with Crippen LogP contribution in [0, 0.1) is 5.92 Å². The molecule has 0 aliphatic carbocycles. The number of hydrogen-bond acceptors (Lipinski definition) is 1. The van der Waals surface area contributed by atoms with E-state index in [0.29, 0.717) is 5.92 Å². The van der Waals surface area contributed by atoms with Crippen molar-refractivity contribution in [3.05, 3.63) is 83.0 Å². The molecule has 1 heteroatoms. The van der Waals surface area contributed by atoms with Gasteiger partial charge in [-0.3, -0.25) is 4.98 Å². The summed E-state index contributed by atoms with van der Waals surface area (Å²) in [7, 11) is 0. The average molecular weight is 289 g/mol. The first-order chi connectivity index (χ1) is 10.7. The number of benzene rings is 1. The minimum atomic E-state index is 0.495. The van der Waals surface area contributed by atoms with Crippen LogP contribution >= 0.6 is 0 Å². The summed E-state index contributed by atoms with van der Waals surface area (Å²) in [6.45, 7) is 8.11. The number of allylic oxidation sites excluding steroid dienone is 2. The molecule has 1 aromatic carbocycles. The van der Waals surface area contributed by atoms with Crippen molar-refractivity contribution in [2.24, 2.45) is 5.92 Å². The summed E-state index contributed by atoms with van der Waals surface area (Å²) in [6.07, 6.45) is 13.2. The first-order valence-electron chi connectivity index (χ1n) is 7.70. The highest BCUT2D eigenvalue weighted by Crippen LogP contribution is 2.06. The SMILES string of the molecule is C=Cc1ccc(CC=C/C=c2/cccn/c2=C\C(C)C)cc1. The Bertz CT molecular complexity index is 749. The lowest BCUT2D eigenvalue weighted by Crippen LogP contribution is -2.27. The first kappa shape index (κ1) is 16.0. The molecule has 112 valence electrons. The lowest BCUT2D eigenvalue weighted by Gasteiger charge is -1.97. The summed E-state index contributed by atoms with van der Waals surface area (Å²) in [4.78, 5) is 4.44. The van der Waals surface area contributed by atoms with Crippen LogP contribution in [0.25, 0.3) is 18.2 Å². The molecule has 0 saturated carbocycles. The van der Waals surface area contributed by atoms with Gasteiger partial charge in [-0.15, -0.1) is 0 Å². The third kappa shape index (κ3) is 4.85. The fraction of sp³-hybridized carbons (Fsp3) is 0.190. The second kappa shape index (κ2) is 8.14. The second-order valence-corrected chi connectivity index (χ2v) is 5.63. The molecule has 0 bridgehead atoms. The van der Waals surface area contributed by atoms with Crippen LogP contribution in [0.4, 0.5) is 0 Å². The average Bonchev–Trinajstić information content (AvgIpc) is 2.53. The van der Waals surface area contributed by atoms with Crippen LogP contribution in [-0.4, -0.2) is 4.98 Å². The van der Waals surface area contributed by atoms with Gasteiger partial charge in [0.2, 0.25) is 0 Å². The van der Waals surface area contributed by atoms with E-state index in [2.05, 4.69) is 80.0 Å². The fourth-order valence-corrected chi connectivity index (χ4v) is 2.19. The van der Waals surface area contributed by atoms with Crippen LogP contribution in [0.5, 0.6) is 0 Å². The zero-order valence-electron chi connectivity index (χ0n) is 13.4. The Labute approximate surface area is 133 Å². The zero-order valence-corrected chi connectivity index (χ0v) is 13.4. The maximum atomic E-state index is 4.44. The lowest BCUT2D eigenvalue weighted by atomic mass is 10.1. The van der Waals surface area contributed by atoms with E-state index in [0.717, 1.165) is 22.6 Å². The van der Waals surface area contributed by atoms with Gasteiger partial charge in [-0.05, 0) is 34.8 Å². The van der Waals surface area contributed by atoms with E-state index in [9.17, 15) is 0 Å². The van der Waals surface area contributed by atoms with E-state index in [1.54, 1.807) is 0 Å². The molecule has 0 atom stereocenters. The second-order valence-electron chi connectivity index (χ2n) is 5.63. The van der Waals surface area contributed by atoms with E-state index in [1.807, 2.05) is 18.3 Å². The van der Waals surface area contributed by atoms with Crippen molar-refractivity contribution in [3.8, 4) is 0 Å². The molecule has 2 aromatic rings. The minimum Gasteiger partial charge on any atom is -0.257 e. The predicted molar refractivity (Wildman–Crippen MR) is 96.6 cm³/mol. The molecule has 0 saturated heterocycles. The highest BCUT2D eigenvalue weighted by molar-refractivity contribution is 5.47. The Morgan fingerprint density at radius 1 is 1.14 bits per heavy atom. The molecule has 0 spiro atoms. The molecule has 0 radical (unpaired) electrons. The summed E-state index contributed by atoms with van der Waals surface area (Å²) in [5, 5.41) is 2.21. The van der Waals surface area contributed by atoms with Gasteiger partial charge in [-0.25, -0.2) is 0 Å². The summed E-state index contributed by atoms with van der Waals surface area (Å²) >= 11 is 0. The third-order valence-corrected chi connectivity index (χ3v) is 3.34. The summed E-state index contributed by atoms with van der Waals surface area (Å²) in [5.41, 5.74) is 2.46. The Kier molecular flexibility index (Phi) is 5.91. The van der Waals surface area contributed by atoms with E-state index in [1.165, 1.54) is 5.56 Å². The molecule has 0 unspecified atom stereocenters. The molecule has 2 rings (SSSR count). The highest BCUT2D eigenvalue weighted by atomic mass is 14.6. The van der Waals surface area contributed by atoms with Crippen LogP contribution in [0.15, 0.2) is 61.3 Å². The van der Waals surface area contributed by atoms with Crippen molar-refractivity contribution in [3.63, 3.8) is 0 Å². The van der Waals surface area contributed by atoms with Gasteiger partial charge in [-0.2, -0.15) is 0 Å². The van der Waals surface area contributed by atoms with Gasteiger partial charge in [0.1, 0.15) is 0 Å². The van der Waals surface area contributed by atoms with Gasteiger partial charge in [0, 0.05) is 6.20 Å². The van der Waals surface area contributed by atoms with E-state index >= 15 is 0 Å². The van der Waals surface area contributed by atoms with Crippen molar-refractivity contribution in [1.29, 1.82) is 0 Å². The maximum Gasteiger partial charge on any atom is 0.0664 e. The highest BCUT2D eigenvalue weighted by Gasteiger charge is 1.90. The van der Waals surface area contributed by atoms with Gasteiger partial charge in [-0.1, -0.05) is 81.1 Å². The number of aromatic nitrogens is 1. The topological polar surface area (TPSA) is 12.9 Å². The molecule has 22 heavy (non-hydrogen) atoms. The largest absolute Gasteiger partial charge is 0.257 e. The molecule has 0 amide bonds. The van der Waals surface area contributed by atoms with Crippen molar-refractivity contribution in [1.82, 2.24) is 4.98 Å². The number of pyridine rings is 1. The standard InChI is InChI=1S/C21H23N/c1-4-18-11-13-19(14-12-18)8-5-6-9-20-10-7-15-22-21(20)16-17(2)3/h4-7,9-17H,1,8H2,2-3H3/b6-5?,20-9-,21-16-. The van der Waals surface area contributed by atoms with Crippen LogP contribution in [-0.2, 0) is 6.42 Å². The molecule has 0 fully saturated rings. The van der Waals surface area contributed by atoms with Crippen molar-refractivity contribution in [2.75, 3.05) is 0 Å². The molecule has 1 heterocycles. The normalized spacial score (nSPS) is 13.2. The number of nitrogens with zero attached hydrogens (tertiary/aromatic N) is 1. The molecular formula is C21H23N. The van der Waals surface area contributed by atoms with Crippen molar-refractivity contribution >= 4 is 18.2 Å². The van der Waals surface area contributed by atoms with Gasteiger partial charge in [0.05, 0.1) is 5.35 Å². The van der Waals surface area contributed by atoms with E-state index in [-0.39, 0.29) is 0 Å². The molecule has 0 N–H and O–H groups in total. The lowest BCUT2D eigenvalue weighted by molar-refractivity contribution is 0.875. The van der Waals surface area contributed by atoms with Gasteiger partial charge in [0.25, 0.3) is 0 Å². The van der Waals surface area contributed by atoms with Crippen LogP contribution in [0.1, 0.15) is 25.0 Å². The number of rotatable bonds is 5. The van der Waals surface area contributed by atoms with Gasteiger partial charge < -0.3 is 0 Å². The summed E-state index contributed by atoms with van der Waals surface area (Å²) in [6, 6.07) is 12.6. The Morgan fingerprint density at radius 2 is 1.91 bits per heavy atom. The van der Waals surface area contributed by atoms with Crippen molar-refractivity contribution < 1.29 is 0 Å². The number of hydrogen-bond donors (Lipinski definition) is 0. The van der Waals surface area contributed by atoms with Gasteiger partial charge >= 0.3 is 0 Å². The quantitative estimate of drug-likeness (QED) is 0.817. The smallest absolute Gasteiger partial charge is 0.0664 e. The van der Waals surface area contributed by atoms with Gasteiger partial charge in [0.15, 0.2) is 0 Å². The molecular weight excluding hydrogens is 266 g/mol. The molecule has 1 aromatic heterocycles. The monoisotopic (exact) mass is 289 g/mol. The summed E-state index contributed by atoms with van der Waals surface area (Å²) < 4.78 is 0. The Morgan fingerprint density at radius 3 is 2.59 bits per heavy atom. The van der Waals surface area contributed by atoms with E-state index in [4.69, 9.17) is 0 Å². The molecule has 1 nitrogen and oxygen atoms in total. The van der Waals surface area contributed by atoms with Crippen LogP contribution in [0.2, 0.25) is 0 Å². The first-order valence-corrected chi connectivity index (χ1v) is 7.70. The van der Waals surface area contributed by atoms with Crippen molar-refractivity contribution in [2.45, 2.75) is 20.3 Å². The Hall–Kier alpha value is -2.41. The minimum absolute atomic E-state index is 0.495. The molecule has 0 aliphatic rings.